The molecule has 0 saturated heterocycles. The summed E-state index contributed by atoms with van der Waals surface area (Å²) in [5, 5.41) is 4.92. The van der Waals surface area contributed by atoms with E-state index in [1.54, 1.807) is 0 Å². The molecule has 4 N–H and O–H groups in total. The second-order valence-corrected chi connectivity index (χ2v) is 5.07. The Hall–Kier alpha value is -3.07. The molecule has 8 nitrogen and oxygen atoms in total. The number of aromatic nitrogens is 2. The summed E-state index contributed by atoms with van der Waals surface area (Å²) in [6, 6.07) is 5.52. The number of rotatable bonds is 7. The number of methoxy groups -OCH3 is 1. The molecule has 0 bridgehead atoms. The third-order valence-corrected chi connectivity index (χ3v) is 3.23. The predicted molar refractivity (Wildman–Crippen MR) is 87.7 cm³/mol. The van der Waals surface area contributed by atoms with E-state index < -0.39 is 17.6 Å². The van der Waals surface area contributed by atoms with Gasteiger partial charge in [-0.25, -0.2) is 14.4 Å². The number of anilines is 1. The van der Waals surface area contributed by atoms with Crippen LogP contribution in [0, 0.1) is 5.82 Å². The second kappa shape index (κ2) is 8.69. The number of nitrogens with zero attached hydrogens (tertiary/aromatic N) is 2. The van der Waals surface area contributed by atoms with Crippen LogP contribution in [0.5, 0.6) is 0 Å². The van der Waals surface area contributed by atoms with Gasteiger partial charge < -0.3 is 21.1 Å². The van der Waals surface area contributed by atoms with E-state index in [0.29, 0.717) is 11.4 Å². The van der Waals surface area contributed by atoms with Crippen LogP contribution in [0.4, 0.5) is 10.2 Å². The Morgan fingerprint density at radius 3 is 2.72 bits per heavy atom. The zero-order valence-electron chi connectivity index (χ0n) is 13.6. The molecule has 0 aliphatic rings. The van der Waals surface area contributed by atoms with Gasteiger partial charge >= 0.3 is 0 Å². The molecule has 0 aliphatic carbocycles. The van der Waals surface area contributed by atoms with E-state index in [-0.39, 0.29) is 31.1 Å². The first-order valence-corrected chi connectivity index (χ1v) is 7.40. The van der Waals surface area contributed by atoms with Crippen molar-refractivity contribution in [3.63, 3.8) is 0 Å². The number of amides is 2. The Labute approximate surface area is 143 Å². The molecule has 1 heterocycles. The number of carbonyl (C=O) groups excluding carboxylic acids is 2. The maximum absolute atomic E-state index is 13.5. The normalized spacial score (nSPS) is 10.3. The first-order chi connectivity index (χ1) is 12.0. The Morgan fingerprint density at radius 2 is 2.04 bits per heavy atom. The van der Waals surface area contributed by atoms with Gasteiger partial charge in [-0.3, -0.25) is 9.59 Å². The van der Waals surface area contributed by atoms with Gasteiger partial charge in [-0.15, -0.1) is 0 Å². The summed E-state index contributed by atoms with van der Waals surface area (Å²) in [6.45, 7) is 0.0438. The van der Waals surface area contributed by atoms with Gasteiger partial charge in [0.15, 0.2) is 5.82 Å². The molecule has 0 saturated carbocycles. The predicted octanol–water partition coefficient (Wildman–Crippen LogP) is 0.391. The maximum atomic E-state index is 13.5. The highest BCUT2D eigenvalue weighted by Crippen LogP contribution is 2.08. The van der Waals surface area contributed by atoms with Crippen LogP contribution in [0.25, 0.3) is 0 Å². The molecule has 0 aliphatic heterocycles. The molecule has 0 radical (unpaired) electrons. The first-order valence-electron chi connectivity index (χ1n) is 7.40. The van der Waals surface area contributed by atoms with Crippen molar-refractivity contribution in [2.75, 3.05) is 19.4 Å². The van der Waals surface area contributed by atoms with E-state index >= 15 is 0 Å². The molecular weight excluding hydrogens is 329 g/mol. The standard InChI is InChI=1S/C16H18FN5O3/c1-25-9-13-19-6-10(15(18)22-13)7-20-14(23)8-21-16(24)11-4-2-3-5-12(11)17/h2-6H,7-9H2,1H3,(H,20,23)(H,21,24)(H2,18,19,22). The molecule has 2 rings (SSSR count). The van der Waals surface area contributed by atoms with Gasteiger partial charge in [0.2, 0.25) is 5.91 Å². The molecular formula is C16H18FN5O3. The van der Waals surface area contributed by atoms with Crippen LogP contribution in [0.1, 0.15) is 21.7 Å². The van der Waals surface area contributed by atoms with Crippen LogP contribution in [-0.4, -0.2) is 35.4 Å². The maximum Gasteiger partial charge on any atom is 0.254 e. The monoisotopic (exact) mass is 347 g/mol. The SMILES string of the molecule is COCc1ncc(CNC(=O)CNC(=O)c2ccccc2F)c(N)n1. The van der Waals surface area contributed by atoms with E-state index in [1.165, 1.54) is 37.6 Å². The Morgan fingerprint density at radius 1 is 1.28 bits per heavy atom. The van der Waals surface area contributed by atoms with E-state index in [0.717, 1.165) is 0 Å². The van der Waals surface area contributed by atoms with Crippen molar-refractivity contribution >= 4 is 17.6 Å². The molecule has 9 heteroatoms. The fourth-order valence-electron chi connectivity index (χ4n) is 1.95. The minimum Gasteiger partial charge on any atom is -0.383 e. The van der Waals surface area contributed by atoms with Crippen molar-refractivity contribution in [1.82, 2.24) is 20.6 Å². The lowest BCUT2D eigenvalue weighted by Crippen LogP contribution is -2.37. The minimum atomic E-state index is -0.667. The summed E-state index contributed by atoms with van der Waals surface area (Å²) in [5.74, 6) is -1.10. The lowest BCUT2D eigenvalue weighted by Gasteiger charge is -2.09. The fraction of sp³-hybridized carbons (Fsp3) is 0.250. The van der Waals surface area contributed by atoms with E-state index in [1.807, 2.05) is 0 Å². The number of halogens is 1. The van der Waals surface area contributed by atoms with Gasteiger partial charge in [-0.1, -0.05) is 12.1 Å². The zero-order valence-corrected chi connectivity index (χ0v) is 13.6. The number of carbonyl (C=O) groups is 2. The minimum absolute atomic E-state index is 0.105. The molecule has 2 amide bonds. The van der Waals surface area contributed by atoms with Crippen molar-refractivity contribution in [1.29, 1.82) is 0 Å². The highest BCUT2D eigenvalue weighted by atomic mass is 19.1. The Bertz CT molecular complexity index is 769. The number of nitrogen functional groups attached to an aromatic ring is 1. The van der Waals surface area contributed by atoms with Crippen molar-refractivity contribution < 1.29 is 18.7 Å². The number of hydrogen-bond donors (Lipinski definition) is 3. The van der Waals surface area contributed by atoms with Crippen molar-refractivity contribution in [2.45, 2.75) is 13.2 Å². The van der Waals surface area contributed by atoms with Gasteiger partial charge in [0.25, 0.3) is 5.91 Å². The van der Waals surface area contributed by atoms with Crippen LogP contribution in [0.2, 0.25) is 0 Å². The highest BCUT2D eigenvalue weighted by molar-refractivity contribution is 5.96. The topological polar surface area (TPSA) is 119 Å². The van der Waals surface area contributed by atoms with Crippen LogP contribution >= 0.6 is 0 Å². The average molecular weight is 347 g/mol. The second-order valence-electron chi connectivity index (χ2n) is 5.07. The third kappa shape index (κ3) is 5.21. The molecule has 25 heavy (non-hydrogen) atoms. The van der Waals surface area contributed by atoms with Crippen molar-refractivity contribution in [2.24, 2.45) is 0 Å². The largest absolute Gasteiger partial charge is 0.383 e. The first kappa shape index (κ1) is 18.3. The van der Waals surface area contributed by atoms with Crippen LogP contribution < -0.4 is 16.4 Å². The summed E-state index contributed by atoms with van der Waals surface area (Å²) in [7, 11) is 1.52. The number of nitrogens with two attached hydrogens (primary N) is 1. The Kier molecular flexibility index (Phi) is 6.35. The van der Waals surface area contributed by atoms with Crippen LogP contribution in [0.15, 0.2) is 30.5 Å². The van der Waals surface area contributed by atoms with Gasteiger partial charge in [-0.2, -0.15) is 0 Å². The smallest absolute Gasteiger partial charge is 0.254 e. The van der Waals surface area contributed by atoms with Crippen LogP contribution in [0.3, 0.4) is 0 Å². The third-order valence-electron chi connectivity index (χ3n) is 3.23. The van der Waals surface area contributed by atoms with E-state index in [4.69, 9.17) is 10.5 Å². The summed E-state index contributed by atoms with van der Waals surface area (Å²) < 4.78 is 18.4. The van der Waals surface area contributed by atoms with E-state index in [9.17, 15) is 14.0 Å². The fourth-order valence-corrected chi connectivity index (χ4v) is 1.95. The van der Waals surface area contributed by atoms with Crippen molar-refractivity contribution in [3.05, 3.63) is 53.2 Å². The molecule has 1 aromatic heterocycles. The zero-order chi connectivity index (χ0) is 18.2. The molecule has 132 valence electrons. The van der Waals surface area contributed by atoms with Crippen molar-refractivity contribution in [3.8, 4) is 0 Å². The molecule has 1 aromatic carbocycles. The number of ether oxygens (including phenoxy) is 1. The lowest BCUT2D eigenvalue weighted by atomic mass is 10.2. The summed E-state index contributed by atoms with van der Waals surface area (Å²) in [6.07, 6.45) is 1.49. The summed E-state index contributed by atoms with van der Waals surface area (Å²) in [4.78, 5) is 31.7. The molecule has 0 fully saturated rings. The van der Waals surface area contributed by atoms with Gasteiger partial charge in [0.05, 0.1) is 12.1 Å². The molecule has 0 unspecified atom stereocenters. The highest BCUT2D eigenvalue weighted by Gasteiger charge is 2.12. The number of hydrogen-bond acceptors (Lipinski definition) is 6. The van der Waals surface area contributed by atoms with Gasteiger partial charge in [0, 0.05) is 25.4 Å². The van der Waals surface area contributed by atoms with Crippen LogP contribution in [-0.2, 0) is 22.7 Å². The van der Waals surface area contributed by atoms with Gasteiger partial charge in [-0.05, 0) is 12.1 Å². The Balaban J connectivity index is 1.83. The molecule has 0 atom stereocenters. The molecule has 0 spiro atoms. The molecule has 2 aromatic rings. The quantitative estimate of drug-likeness (QED) is 0.667. The number of benzene rings is 1. The summed E-state index contributed by atoms with van der Waals surface area (Å²) >= 11 is 0. The number of nitrogens with one attached hydrogen (secondary N) is 2. The van der Waals surface area contributed by atoms with Gasteiger partial charge in [0.1, 0.15) is 18.2 Å². The summed E-state index contributed by atoms with van der Waals surface area (Å²) in [5.41, 5.74) is 6.20. The average Bonchev–Trinajstić information content (AvgIpc) is 2.59. The lowest BCUT2D eigenvalue weighted by molar-refractivity contribution is -0.120. The van der Waals surface area contributed by atoms with E-state index in [2.05, 4.69) is 20.6 Å².